The molecular formula is C7H11NOS. The summed E-state index contributed by atoms with van der Waals surface area (Å²) in [5.41, 5.74) is 1.07. The Bertz CT molecular complexity index is 200. The van der Waals surface area contributed by atoms with Gasteiger partial charge in [-0.2, -0.15) is 0 Å². The summed E-state index contributed by atoms with van der Waals surface area (Å²) in [6, 6.07) is 0. The standard InChI is InChI=1S/C7H11NOS/c1-5-4-10-7(3,8-5)6(2)9/h4H2,1-3H3. The van der Waals surface area contributed by atoms with E-state index < -0.39 is 4.87 Å². The van der Waals surface area contributed by atoms with Crippen molar-refractivity contribution in [3.8, 4) is 0 Å². The molecule has 3 heteroatoms. The lowest BCUT2D eigenvalue weighted by Gasteiger charge is -2.14. The van der Waals surface area contributed by atoms with Crippen LogP contribution in [0.3, 0.4) is 0 Å². The highest BCUT2D eigenvalue weighted by Crippen LogP contribution is 2.32. The highest BCUT2D eigenvalue weighted by atomic mass is 32.2. The number of Topliss-reactive ketones (excluding diaryl/α,β-unsaturated/α-hetero) is 1. The molecule has 10 heavy (non-hydrogen) atoms. The Morgan fingerprint density at radius 3 is 2.60 bits per heavy atom. The summed E-state index contributed by atoms with van der Waals surface area (Å²) in [6.07, 6.45) is 0. The molecule has 56 valence electrons. The first-order valence-electron chi connectivity index (χ1n) is 3.25. The topological polar surface area (TPSA) is 29.4 Å². The van der Waals surface area contributed by atoms with Crippen molar-refractivity contribution >= 4 is 23.3 Å². The maximum absolute atomic E-state index is 11.0. The first-order chi connectivity index (χ1) is 4.54. The SMILES string of the molecule is CC(=O)C1(C)N=C(C)CS1. The van der Waals surface area contributed by atoms with Crippen LogP contribution in [0.2, 0.25) is 0 Å². The number of hydrogen-bond acceptors (Lipinski definition) is 3. The molecule has 1 aliphatic rings. The molecule has 0 radical (unpaired) electrons. The second kappa shape index (κ2) is 2.38. The molecule has 0 N–H and O–H groups in total. The monoisotopic (exact) mass is 157 g/mol. The minimum atomic E-state index is -0.468. The van der Waals surface area contributed by atoms with Gasteiger partial charge in [-0.25, -0.2) is 0 Å². The van der Waals surface area contributed by atoms with Crippen LogP contribution in [0, 0.1) is 0 Å². The first kappa shape index (κ1) is 7.79. The Balaban J connectivity index is 2.82. The minimum Gasteiger partial charge on any atom is -0.296 e. The highest BCUT2D eigenvalue weighted by Gasteiger charge is 2.33. The first-order valence-corrected chi connectivity index (χ1v) is 4.23. The van der Waals surface area contributed by atoms with E-state index in [2.05, 4.69) is 4.99 Å². The number of ketones is 1. The number of rotatable bonds is 1. The molecule has 0 amide bonds. The average Bonchev–Trinajstić information content (AvgIpc) is 2.13. The van der Waals surface area contributed by atoms with Crippen molar-refractivity contribution in [1.82, 2.24) is 0 Å². The van der Waals surface area contributed by atoms with Crippen molar-refractivity contribution in [3.05, 3.63) is 0 Å². The van der Waals surface area contributed by atoms with E-state index in [9.17, 15) is 4.79 Å². The molecule has 2 nitrogen and oxygen atoms in total. The van der Waals surface area contributed by atoms with Crippen molar-refractivity contribution in [3.63, 3.8) is 0 Å². The van der Waals surface area contributed by atoms with Gasteiger partial charge in [0.05, 0.1) is 0 Å². The Morgan fingerprint density at radius 1 is 1.80 bits per heavy atom. The van der Waals surface area contributed by atoms with E-state index in [1.807, 2.05) is 13.8 Å². The minimum absolute atomic E-state index is 0.148. The summed E-state index contributed by atoms with van der Waals surface area (Å²) in [7, 11) is 0. The zero-order valence-corrected chi connectivity index (χ0v) is 7.29. The lowest BCUT2D eigenvalue weighted by molar-refractivity contribution is -0.118. The summed E-state index contributed by atoms with van der Waals surface area (Å²) in [5.74, 6) is 1.05. The zero-order valence-electron chi connectivity index (χ0n) is 6.47. The second-order valence-corrected chi connectivity index (χ2v) is 4.05. The van der Waals surface area contributed by atoms with Gasteiger partial charge in [-0.15, -0.1) is 11.8 Å². The van der Waals surface area contributed by atoms with Crippen molar-refractivity contribution in [1.29, 1.82) is 0 Å². The molecule has 0 aliphatic carbocycles. The number of hydrogen-bond donors (Lipinski definition) is 0. The molecule has 0 aromatic carbocycles. The molecule has 0 spiro atoms. The largest absolute Gasteiger partial charge is 0.296 e. The van der Waals surface area contributed by atoms with Crippen molar-refractivity contribution < 1.29 is 4.79 Å². The maximum Gasteiger partial charge on any atom is 0.167 e. The summed E-state index contributed by atoms with van der Waals surface area (Å²) in [5, 5.41) is 0. The average molecular weight is 157 g/mol. The van der Waals surface area contributed by atoms with Gasteiger partial charge in [0.2, 0.25) is 0 Å². The summed E-state index contributed by atoms with van der Waals surface area (Å²) < 4.78 is 0. The smallest absolute Gasteiger partial charge is 0.167 e. The van der Waals surface area contributed by atoms with Gasteiger partial charge in [0.15, 0.2) is 10.7 Å². The Kier molecular flexibility index (Phi) is 1.86. The third kappa shape index (κ3) is 1.24. The van der Waals surface area contributed by atoms with Crippen LogP contribution in [-0.2, 0) is 4.79 Å². The van der Waals surface area contributed by atoms with Gasteiger partial charge < -0.3 is 0 Å². The highest BCUT2D eigenvalue weighted by molar-refractivity contribution is 8.02. The van der Waals surface area contributed by atoms with Crippen LogP contribution < -0.4 is 0 Å². The van der Waals surface area contributed by atoms with Crippen molar-refractivity contribution in [2.75, 3.05) is 5.75 Å². The van der Waals surface area contributed by atoms with Gasteiger partial charge >= 0.3 is 0 Å². The van der Waals surface area contributed by atoms with E-state index in [1.165, 1.54) is 0 Å². The van der Waals surface area contributed by atoms with Crippen LogP contribution in [0.25, 0.3) is 0 Å². The maximum atomic E-state index is 11.0. The molecule has 1 atom stereocenters. The van der Waals surface area contributed by atoms with E-state index in [1.54, 1.807) is 18.7 Å². The fourth-order valence-electron chi connectivity index (χ4n) is 0.854. The predicted molar refractivity (Wildman–Crippen MR) is 44.7 cm³/mol. The molecule has 0 aromatic rings. The molecule has 0 saturated heterocycles. The van der Waals surface area contributed by atoms with E-state index in [0.717, 1.165) is 11.5 Å². The van der Waals surface area contributed by atoms with Crippen LogP contribution in [0.4, 0.5) is 0 Å². The van der Waals surface area contributed by atoms with Gasteiger partial charge in [0.25, 0.3) is 0 Å². The molecule has 1 unspecified atom stereocenters. The molecule has 0 aromatic heterocycles. The van der Waals surface area contributed by atoms with Crippen molar-refractivity contribution in [2.45, 2.75) is 25.6 Å². The second-order valence-electron chi connectivity index (χ2n) is 2.67. The van der Waals surface area contributed by atoms with Crippen molar-refractivity contribution in [2.24, 2.45) is 4.99 Å². The summed E-state index contributed by atoms with van der Waals surface area (Å²) in [4.78, 5) is 14.8. The molecule has 0 bridgehead atoms. The van der Waals surface area contributed by atoms with E-state index in [4.69, 9.17) is 0 Å². The lowest BCUT2D eigenvalue weighted by atomic mass is 10.2. The predicted octanol–water partition coefficient (Wildman–Crippen LogP) is 1.50. The third-order valence-corrected chi connectivity index (χ3v) is 3.12. The van der Waals surface area contributed by atoms with Gasteiger partial charge in [-0.1, -0.05) is 0 Å². The summed E-state index contributed by atoms with van der Waals surface area (Å²) >= 11 is 1.61. The Labute approximate surface area is 65.1 Å². The van der Waals surface area contributed by atoms with E-state index >= 15 is 0 Å². The summed E-state index contributed by atoms with van der Waals surface area (Å²) in [6.45, 7) is 5.42. The van der Waals surface area contributed by atoms with Crippen LogP contribution in [-0.4, -0.2) is 22.1 Å². The Hall–Kier alpha value is -0.310. The fourth-order valence-corrected chi connectivity index (χ4v) is 1.83. The van der Waals surface area contributed by atoms with E-state index in [-0.39, 0.29) is 5.78 Å². The molecule has 1 heterocycles. The van der Waals surface area contributed by atoms with Crippen LogP contribution in [0.1, 0.15) is 20.8 Å². The molecule has 1 aliphatic heterocycles. The number of thioether (sulfide) groups is 1. The molecule has 0 saturated carbocycles. The number of nitrogens with zero attached hydrogens (tertiary/aromatic N) is 1. The van der Waals surface area contributed by atoms with Gasteiger partial charge in [-0.3, -0.25) is 9.79 Å². The van der Waals surface area contributed by atoms with Gasteiger partial charge in [0, 0.05) is 11.5 Å². The van der Waals surface area contributed by atoms with Crippen LogP contribution in [0.15, 0.2) is 4.99 Å². The van der Waals surface area contributed by atoms with E-state index in [0.29, 0.717) is 0 Å². The van der Waals surface area contributed by atoms with Crippen LogP contribution in [0.5, 0.6) is 0 Å². The number of carbonyl (C=O) groups excluding carboxylic acids is 1. The quantitative estimate of drug-likeness (QED) is 0.577. The van der Waals surface area contributed by atoms with Gasteiger partial charge in [0.1, 0.15) is 0 Å². The lowest BCUT2D eigenvalue weighted by Crippen LogP contribution is -2.24. The third-order valence-electron chi connectivity index (χ3n) is 1.62. The Morgan fingerprint density at radius 2 is 2.40 bits per heavy atom. The molecule has 0 fully saturated rings. The fraction of sp³-hybridized carbons (Fsp3) is 0.714. The van der Waals surface area contributed by atoms with Gasteiger partial charge in [-0.05, 0) is 20.8 Å². The molecule has 1 rings (SSSR count). The number of carbonyl (C=O) groups is 1. The zero-order chi connectivity index (χ0) is 7.78. The normalized spacial score (nSPS) is 32.1. The molecular weight excluding hydrogens is 146 g/mol. The number of aliphatic imine (C=N–C) groups is 1. The van der Waals surface area contributed by atoms with Crippen LogP contribution >= 0.6 is 11.8 Å².